The molecule has 0 aromatic carbocycles. The first-order chi connectivity index (χ1) is 5.70. The number of aromatic nitrogens is 2. The molecule has 12 heavy (non-hydrogen) atoms. The lowest BCUT2D eigenvalue weighted by atomic mass is 10.4. The van der Waals surface area contributed by atoms with Crippen molar-refractivity contribution in [1.29, 1.82) is 0 Å². The molecular weight excluding hydrogens is 223 g/mol. The van der Waals surface area contributed by atoms with Crippen molar-refractivity contribution in [3.8, 4) is 0 Å². The van der Waals surface area contributed by atoms with Crippen LogP contribution in [0.15, 0.2) is 22.9 Å². The van der Waals surface area contributed by atoms with Gasteiger partial charge in [-0.1, -0.05) is 0 Å². The van der Waals surface area contributed by atoms with Crippen LogP contribution in [0.5, 0.6) is 0 Å². The van der Waals surface area contributed by atoms with E-state index in [1.54, 1.807) is 22.9 Å². The van der Waals surface area contributed by atoms with Gasteiger partial charge in [0.15, 0.2) is 11.5 Å². The highest BCUT2D eigenvalue weighted by Crippen LogP contribution is 2.19. The Balaban J connectivity index is 2.93. The van der Waals surface area contributed by atoms with Gasteiger partial charge in [-0.25, -0.2) is 9.37 Å². The van der Waals surface area contributed by atoms with Crippen LogP contribution in [-0.2, 0) is 0 Å². The Hall–Kier alpha value is -0.900. The molecule has 0 aliphatic rings. The molecule has 0 saturated carbocycles. The average molecular weight is 229 g/mol. The number of nitrogens with zero attached hydrogens (tertiary/aromatic N) is 2. The molecule has 0 atom stereocenters. The summed E-state index contributed by atoms with van der Waals surface area (Å²) in [5.41, 5.74) is 1.29. The summed E-state index contributed by atoms with van der Waals surface area (Å²) >= 11 is 3.10. The van der Waals surface area contributed by atoms with Crippen molar-refractivity contribution >= 4 is 21.6 Å². The second-order valence-electron chi connectivity index (χ2n) is 2.57. The first-order valence-corrected chi connectivity index (χ1v) is 4.27. The number of halogens is 2. The van der Waals surface area contributed by atoms with E-state index >= 15 is 0 Å². The zero-order chi connectivity index (χ0) is 8.72. The van der Waals surface area contributed by atoms with E-state index in [-0.39, 0.29) is 5.82 Å². The van der Waals surface area contributed by atoms with Crippen LogP contribution in [0.4, 0.5) is 4.39 Å². The first kappa shape index (κ1) is 7.73. The molecule has 2 nitrogen and oxygen atoms in total. The third-order valence-corrected chi connectivity index (χ3v) is 2.37. The third-order valence-electron chi connectivity index (χ3n) is 1.76. The predicted octanol–water partition coefficient (Wildman–Crippen LogP) is 2.54. The number of pyridine rings is 1. The van der Waals surface area contributed by atoms with Crippen LogP contribution in [-0.4, -0.2) is 9.38 Å². The Kier molecular flexibility index (Phi) is 1.65. The molecule has 0 saturated heterocycles. The van der Waals surface area contributed by atoms with Gasteiger partial charge in [-0.3, -0.25) is 0 Å². The predicted molar refractivity (Wildman–Crippen MR) is 47.6 cm³/mol. The molecule has 62 valence electrons. The first-order valence-electron chi connectivity index (χ1n) is 3.48. The van der Waals surface area contributed by atoms with Crippen molar-refractivity contribution in [3.63, 3.8) is 0 Å². The molecular formula is C8H6BrFN2. The Morgan fingerprint density at radius 2 is 2.33 bits per heavy atom. The van der Waals surface area contributed by atoms with E-state index < -0.39 is 0 Å². The van der Waals surface area contributed by atoms with Gasteiger partial charge in [-0.05, 0) is 28.9 Å². The van der Waals surface area contributed by atoms with Crippen LogP contribution in [0.25, 0.3) is 5.65 Å². The van der Waals surface area contributed by atoms with Crippen LogP contribution in [0, 0.1) is 12.7 Å². The Labute approximate surface area is 77.2 Å². The van der Waals surface area contributed by atoms with Crippen LogP contribution in [0.3, 0.4) is 0 Å². The van der Waals surface area contributed by atoms with Gasteiger partial charge in [0.2, 0.25) is 0 Å². The van der Waals surface area contributed by atoms with Gasteiger partial charge in [0, 0.05) is 18.1 Å². The molecule has 0 aliphatic heterocycles. The fraction of sp³-hybridized carbons (Fsp3) is 0.125. The lowest BCUT2D eigenvalue weighted by Gasteiger charge is -1.98. The molecule has 4 heteroatoms. The Morgan fingerprint density at radius 1 is 1.58 bits per heavy atom. The molecule has 0 spiro atoms. The minimum absolute atomic E-state index is 0.314. The highest BCUT2D eigenvalue weighted by molar-refractivity contribution is 9.10. The number of hydrogen-bond donors (Lipinski definition) is 0. The Morgan fingerprint density at radius 3 is 3.08 bits per heavy atom. The molecule has 0 bridgehead atoms. The number of fused-ring (bicyclic) bond motifs is 1. The van der Waals surface area contributed by atoms with E-state index in [0.29, 0.717) is 10.1 Å². The molecule has 2 rings (SSSR count). The summed E-state index contributed by atoms with van der Waals surface area (Å²) in [6.45, 7) is 1.88. The summed E-state index contributed by atoms with van der Waals surface area (Å²) in [6, 6.07) is 1.66. The van der Waals surface area contributed by atoms with Crippen molar-refractivity contribution < 1.29 is 4.39 Å². The fourth-order valence-electron chi connectivity index (χ4n) is 1.12. The normalized spacial score (nSPS) is 10.9. The minimum Gasteiger partial charge on any atom is -0.302 e. The minimum atomic E-state index is -0.314. The van der Waals surface area contributed by atoms with Crippen molar-refractivity contribution in [1.82, 2.24) is 9.38 Å². The third kappa shape index (κ3) is 0.948. The van der Waals surface area contributed by atoms with E-state index in [2.05, 4.69) is 20.9 Å². The number of hydrogen-bond acceptors (Lipinski definition) is 1. The summed E-state index contributed by atoms with van der Waals surface area (Å²) < 4.78 is 15.4. The second kappa shape index (κ2) is 2.55. The van der Waals surface area contributed by atoms with Gasteiger partial charge in [0.25, 0.3) is 0 Å². The SMILES string of the molecule is Cc1cnc2c(F)c(Br)ccn12. The van der Waals surface area contributed by atoms with Crippen molar-refractivity contribution in [3.05, 3.63) is 34.4 Å². The maximum absolute atomic E-state index is 13.3. The standard InChI is InChI=1S/C8H6BrFN2/c1-5-4-11-8-7(10)6(9)2-3-12(5)8/h2-4H,1H3. The van der Waals surface area contributed by atoms with Crippen molar-refractivity contribution in [2.45, 2.75) is 6.92 Å². The molecule has 0 aliphatic carbocycles. The molecule has 0 unspecified atom stereocenters. The second-order valence-corrected chi connectivity index (χ2v) is 3.43. The number of rotatable bonds is 0. The quantitative estimate of drug-likeness (QED) is 0.678. The van der Waals surface area contributed by atoms with Crippen LogP contribution in [0.2, 0.25) is 0 Å². The monoisotopic (exact) mass is 228 g/mol. The van der Waals surface area contributed by atoms with E-state index in [0.717, 1.165) is 5.69 Å². The highest BCUT2D eigenvalue weighted by atomic mass is 79.9. The van der Waals surface area contributed by atoms with E-state index in [1.165, 1.54) is 0 Å². The number of imidazole rings is 1. The molecule has 2 aromatic heterocycles. The molecule has 2 aromatic rings. The lowest BCUT2D eigenvalue weighted by Crippen LogP contribution is -1.90. The number of aryl methyl sites for hydroxylation is 1. The Bertz CT molecular complexity index is 436. The van der Waals surface area contributed by atoms with Crippen molar-refractivity contribution in [2.24, 2.45) is 0 Å². The zero-order valence-electron chi connectivity index (χ0n) is 6.38. The highest BCUT2D eigenvalue weighted by Gasteiger charge is 2.07. The van der Waals surface area contributed by atoms with E-state index in [9.17, 15) is 4.39 Å². The van der Waals surface area contributed by atoms with E-state index in [1.807, 2.05) is 6.92 Å². The topological polar surface area (TPSA) is 17.3 Å². The van der Waals surface area contributed by atoms with Gasteiger partial charge in [0.1, 0.15) is 0 Å². The summed E-state index contributed by atoms with van der Waals surface area (Å²) in [5, 5.41) is 0. The zero-order valence-corrected chi connectivity index (χ0v) is 7.97. The van der Waals surface area contributed by atoms with Crippen LogP contribution >= 0.6 is 15.9 Å². The van der Waals surface area contributed by atoms with Crippen molar-refractivity contribution in [2.75, 3.05) is 0 Å². The molecule has 2 heterocycles. The lowest BCUT2D eigenvalue weighted by molar-refractivity contribution is 0.623. The van der Waals surface area contributed by atoms with Gasteiger partial charge in [-0.2, -0.15) is 0 Å². The van der Waals surface area contributed by atoms with Crippen LogP contribution < -0.4 is 0 Å². The summed E-state index contributed by atoms with van der Waals surface area (Å²) in [4.78, 5) is 3.94. The maximum atomic E-state index is 13.3. The molecule has 0 amide bonds. The molecule has 0 fully saturated rings. The van der Waals surface area contributed by atoms with Gasteiger partial charge < -0.3 is 4.40 Å². The smallest absolute Gasteiger partial charge is 0.180 e. The maximum Gasteiger partial charge on any atom is 0.180 e. The average Bonchev–Trinajstić information content (AvgIpc) is 2.41. The largest absolute Gasteiger partial charge is 0.302 e. The van der Waals surface area contributed by atoms with Gasteiger partial charge >= 0.3 is 0 Å². The van der Waals surface area contributed by atoms with Gasteiger partial charge in [-0.15, -0.1) is 0 Å². The van der Waals surface area contributed by atoms with Gasteiger partial charge in [0.05, 0.1) is 4.47 Å². The summed E-state index contributed by atoms with van der Waals surface area (Å²) in [5.74, 6) is -0.314. The van der Waals surface area contributed by atoms with E-state index in [4.69, 9.17) is 0 Å². The fourth-order valence-corrected chi connectivity index (χ4v) is 1.41. The van der Waals surface area contributed by atoms with Crippen LogP contribution in [0.1, 0.15) is 5.69 Å². The summed E-state index contributed by atoms with van der Waals surface area (Å²) in [7, 11) is 0. The summed E-state index contributed by atoms with van der Waals surface area (Å²) in [6.07, 6.45) is 3.43. The molecule has 0 N–H and O–H groups in total. The molecule has 0 radical (unpaired) electrons.